The van der Waals surface area contributed by atoms with Gasteiger partial charge in [-0.1, -0.05) is 13.8 Å². The summed E-state index contributed by atoms with van der Waals surface area (Å²) in [5, 5.41) is 47.8. The number of aliphatic carboxylic acids is 3. The lowest BCUT2D eigenvalue weighted by Gasteiger charge is -2.27. The van der Waals surface area contributed by atoms with Crippen molar-refractivity contribution < 1.29 is 72.9 Å². The van der Waals surface area contributed by atoms with E-state index in [0.717, 1.165) is 0 Å². The highest BCUT2D eigenvalue weighted by molar-refractivity contribution is 5.99. The van der Waals surface area contributed by atoms with Crippen LogP contribution in [0.1, 0.15) is 124 Å². The Morgan fingerprint density at radius 2 is 0.762 bits per heavy atom. The molecule has 27 N–H and O–H groups in total. The van der Waals surface area contributed by atoms with E-state index in [0.29, 0.717) is 25.7 Å². The van der Waals surface area contributed by atoms with Crippen LogP contribution < -0.4 is 88.4 Å². The van der Waals surface area contributed by atoms with E-state index in [1.165, 1.54) is 6.92 Å². The Kier molecular flexibility index (Phi) is 35.5. The third kappa shape index (κ3) is 32.1. The van der Waals surface area contributed by atoms with Crippen molar-refractivity contribution in [1.29, 1.82) is 0 Å². The van der Waals surface area contributed by atoms with Crippen molar-refractivity contribution in [1.82, 2.24) is 42.5 Å². The molecule has 454 valence electrons. The van der Waals surface area contributed by atoms with Gasteiger partial charge in [0.15, 0.2) is 11.9 Å². The third-order valence-electron chi connectivity index (χ3n) is 11.7. The minimum absolute atomic E-state index is 0.000285. The van der Waals surface area contributed by atoms with Crippen molar-refractivity contribution in [2.75, 3.05) is 26.2 Å². The average molecular weight is 1140 g/mol. The van der Waals surface area contributed by atoms with Crippen molar-refractivity contribution in [2.24, 2.45) is 61.8 Å². The smallest absolute Gasteiger partial charge is 0.326 e. The molecule has 9 atom stereocenters. The van der Waals surface area contributed by atoms with Gasteiger partial charge >= 0.3 is 17.9 Å². The number of amides is 9. The standard InChI is InChI=1S/C47H86N18O15/c1-24(2)22-32(64-38(72)26(50)10-8-20-56-46(52)53)43(77)61-28(13-9-21-57-47(54)55)39(73)58-25(3)37(71)59-29(14-16-35(67)68)42(76)65-33(23-34(51)66)44(78)62-30(15-17-36(69)70)41(75)60-27(11-4-6-18-48)40(74)63-31(45(79)80)12-5-7-19-49/h24-33H,4-23,48-50H2,1-3H3,(H2,51,66)(H,58,73)(H,59,71)(H,60,75)(H,61,77)(H,62,78)(H,63,74)(H,64,72)(H,65,76)(H,67,68)(H,69,70)(H,79,80)(H4,52,53,56)(H4,54,55,57)/t25-,26-,27-,28-,29-,30-,31-,32-,33-/m0/s1. The molecule has 80 heavy (non-hydrogen) atoms. The molecule has 0 aliphatic carbocycles. The zero-order valence-corrected chi connectivity index (χ0v) is 45.7. The van der Waals surface area contributed by atoms with Gasteiger partial charge < -0.3 is 104 Å². The molecule has 0 heterocycles. The molecule has 33 heteroatoms. The van der Waals surface area contributed by atoms with Crippen LogP contribution in [0.2, 0.25) is 0 Å². The molecule has 0 aromatic rings. The number of aliphatic imine (C=N–C) groups is 2. The zero-order chi connectivity index (χ0) is 61.1. The Labute approximate surface area is 463 Å². The third-order valence-corrected chi connectivity index (χ3v) is 11.7. The van der Waals surface area contributed by atoms with Crippen LogP contribution in [0, 0.1) is 5.92 Å². The van der Waals surface area contributed by atoms with Crippen molar-refractivity contribution in [3.8, 4) is 0 Å². The van der Waals surface area contributed by atoms with Crippen molar-refractivity contribution >= 4 is 83.0 Å². The first-order valence-corrected chi connectivity index (χ1v) is 26.2. The monoisotopic (exact) mass is 1140 g/mol. The van der Waals surface area contributed by atoms with Gasteiger partial charge in [-0.2, -0.15) is 0 Å². The van der Waals surface area contributed by atoms with E-state index in [-0.39, 0.29) is 89.0 Å². The number of nitrogens with zero attached hydrogens (tertiary/aromatic N) is 2. The number of hydrogen-bond acceptors (Lipinski definition) is 17. The lowest BCUT2D eigenvalue weighted by Crippen LogP contribution is -2.60. The molecule has 0 aromatic heterocycles. The number of nitrogens with two attached hydrogens (primary N) is 8. The van der Waals surface area contributed by atoms with Crippen LogP contribution in [-0.4, -0.2) is 179 Å². The van der Waals surface area contributed by atoms with Crippen LogP contribution in [0.5, 0.6) is 0 Å². The maximum Gasteiger partial charge on any atom is 0.326 e. The number of nitrogens with one attached hydrogen (secondary N) is 8. The van der Waals surface area contributed by atoms with Crippen LogP contribution in [0.25, 0.3) is 0 Å². The first kappa shape index (κ1) is 72.1. The molecule has 0 bridgehead atoms. The molecule has 0 radical (unpaired) electrons. The van der Waals surface area contributed by atoms with Crippen LogP contribution in [-0.2, 0) is 57.5 Å². The predicted molar refractivity (Wildman–Crippen MR) is 289 cm³/mol. The summed E-state index contributed by atoms with van der Waals surface area (Å²) < 4.78 is 0. The van der Waals surface area contributed by atoms with Gasteiger partial charge in [0.05, 0.1) is 12.5 Å². The number of hydrogen-bond donors (Lipinski definition) is 19. The Bertz CT molecular complexity index is 2140. The van der Waals surface area contributed by atoms with Crippen LogP contribution >= 0.6 is 0 Å². The number of carbonyl (C=O) groups is 12. The Balaban J connectivity index is 6.66. The number of rotatable bonds is 43. The van der Waals surface area contributed by atoms with Gasteiger partial charge in [0, 0.05) is 25.9 Å². The number of carboxylic acids is 3. The summed E-state index contributed by atoms with van der Waals surface area (Å²) in [4.78, 5) is 165. The number of primary amides is 1. The first-order chi connectivity index (χ1) is 37.5. The second kappa shape index (κ2) is 39.4. The van der Waals surface area contributed by atoms with Gasteiger partial charge in [-0.15, -0.1) is 0 Å². The van der Waals surface area contributed by atoms with E-state index in [1.54, 1.807) is 13.8 Å². The van der Waals surface area contributed by atoms with Gasteiger partial charge in [-0.3, -0.25) is 62.7 Å². The number of carbonyl (C=O) groups excluding carboxylic acids is 9. The molecular weight excluding hydrogens is 1060 g/mol. The SMILES string of the molecule is CC(C)C[C@H](NC(=O)[C@@H](N)CCCN=C(N)N)C(=O)N[C@@H](CCCN=C(N)N)C(=O)N[C@@H](C)C(=O)N[C@@H](CCC(=O)O)C(=O)N[C@@H](CC(N)=O)C(=O)N[C@@H](CCC(=O)O)C(=O)N[C@@H](CCCCN)C(=O)N[C@@H](CCCCN)C(=O)O. The largest absolute Gasteiger partial charge is 0.481 e. The minimum Gasteiger partial charge on any atom is -0.481 e. The Hall–Kier alpha value is -7.94. The second-order valence-electron chi connectivity index (χ2n) is 19.2. The molecule has 9 amide bonds. The van der Waals surface area contributed by atoms with Crippen molar-refractivity contribution in [3.63, 3.8) is 0 Å². The van der Waals surface area contributed by atoms with E-state index in [9.17, 15) is 72.9 Å². The summed E-state index contributed by atoms with van der Waals surface area (Å²) >= 11 is 0. The first-order valence-electron chi connectivity index (χ1n) is 26.2. The van der Waals surface area contributed by atoms with E-state index in [1.807, 2.05) is 0 Å². The molecule has 0 aliphatic rings. The van der Waals surface area contributed by atoms with Crippen LogP contribution in [0.4, 0.5) is 0 Å². The molecule has 0 aliphatic heterocycles. The lowest BCUT2D eigenvalue weighted by molar-refractivity contribution is -0.142. The van der Waals surface area contributed by atoms with E-state index < -0.39 is 158 Å². The quantitative estimate of drug-likeness (QED) is 0.0153. The normalized spacial score (nSPS) is 14.3. The molecule has 0 unspecified atom stereocenters. The topological polar surface area (TPSA) is 595 Å². The summed E-state index contributed by atoms with van der Waals surface area (Å²) in [7, 11) is 0. The fourth-order valence-electron chi connectivity index (χ4n) is 7.44. The Morgan fingerprint density at radius 1 is 0.412 bits per heavy atom. The lowest BCUT2D eigenvalue weighted by atomic mass is 10.0. The summed E-state index contributed by atoms with van der Waals surface area (Å²) in [6, 6.07) is -13.5. The molecule has 0 saturated carbocycles. The molecule has 0 saturated heterocycles. The van der Waals surface area contributed by atoms with E-state index >= 15 is 0 Å². The van der Waals surface area contributed by atoms with Gasteiger partial charge in [-0.25, -0.2) is 4.79 Å². The van der Waals surface area contributed by atoms with Crippen molar-refractivity contribution in [2.45, 2.75) is 178 Å². The molecule has 33 nitrogen and oxygen atoms in total. The molecule has 0 fully saturated rings. The maximum atomic E-state index is 13.9. The molecule has 0 spiro atoms. The number of carboxylic acid groups (broad SMARTS) is 3. The van der Waals surface area contributed by atoms with Crippen LogP contribution in [0.3, 0.4) is 0 Å². The average Bonchev–Trinajstić information content (AvgIpc) is 3.36. The summed E-state index contributed by atoms with van der Waals surface area (Å²) in [6.45, 7) is 5.40. The molecule has 0 rings (SSSR count). The minimum atomic E-state index is -1.96. The van der Waals surface area contributed by atoms with Crippen LogP contribution in [0.15, 0.2) is 9.98 Å². The summed E-state index contributed by atoms with van der Waals surface area (Å²) in [5.41, 5.74) is 44.1. The molecule has 0 aromatic carbocycles. The summed E-state index contributed by atoms with van der Waals surface area (Å²) in [5.74, 6) is -14.1. The van der Waals surface area contributed by atoms with Gasteiger partial charge in [0.2, 0.25) is 53.2 Å². The fourth-order valence-corrected chi connectivity index (χ4v) is 7.44. The van der Waals surface area contributed by atoms with E-state index in [2.05, 4.69) is 52.5 Å². The zero-order valence-electron chi connectivity index (χ0n) is 45.7. The Morgan fingerprint density at radius 3 is 1.18 bits per heavy atom. The maximum absolute atomic E-state index is 13.9. The van der Waals surface area contributed by atoms with E-state index in [4.69, 9.17) is 45.9 Å². The van der Waals surface area contributed by atoms with Crippen molar-refractivity contribution in [3.05, 3.63) is 0 Å². The highest BCUT2D eigenvalue weighted by Crippen LogP contribution is 2.11. The highest BCUT2D eigenvalue weighted by Gasteiger charge is 2.35. The number of unbranched alkanes of at least 4 members (excludes halogenated alkanes) is 2. The van der Waals surface area contributed by atoms with Gasteiger partial charge in [0.1, 0.15) is 48.3 Å². The predicted octanol–water partition coefficient (Wildman–Crippen LogP) is -6.69. The molecular formula is C47H86N18O15. The second-order valence-corrected chi connectivity index (χ2v) is 19.2. The fraction of sp³-hybridized carbons (Fsp3) is 0.702. The summed E-state index contributed by atoms with van der Waals surface area (Å²) in [6.07, 6.45) is -1.76. The number of guanidine groups is 2. The van der Waals surface area contributed by atoms with Gasteiger partial charge in [0.25, 0.3) is 0 Å². The highest BCUT2D eigenvalue weighted by atomic mass is 16.4. The van der Waals surface area contributed by atoms with Gasteiger partial charge in [-0.05, 0) is 109 Å².